The Balaban J connectivity index is 1.68. The summed E-state index contributed by atoms with van der Waals surface area (Å²) in [5, 5.41) is 9.42. The second-order valence-electron chi connectivity index (χ2n) is 5.94. The van der Waals surface area contributed by atoms with Gasteiger partial charge in [-0.3, -0.25) is 4.79 Å². The van der Waals surface area contributed by atoms with Gasteiger partial charge in [-0.25, -0.2) is 0 Å². The maximum atomic E-state index is 12.0. The quantitative estimate of drug-likeness (QED) is 0.797. The van der Waals surface area contributed by atoms with E-state index in [0.29, 0.717) is 18.4 Å². The van der Waals surface area contributed by atoms with Crippen molar-refractivity contribution in [1.82, 2.24) is 4.90 Å². The molecule has 0 bridgehead atoms. The van der Waals surface area contributed by atoms with E-state index in [4.69, 9.17) is 5.73 Å². The van der Waals surface area contributed by atoms with Gasteiger partial charge in [0.05, 0.1) is 6.10 Å². The van der Waals surface area contributed by atoms with Gasteiger partial charge in [0.15, 0.2) is 0 Å². The van der Waals surface area contributed by atoms with Crippen LogP contribution in [0.4, 0.5) is 0 Å². The molecule has 2 unspecified atom stereocenters. The first-order chi connectivity index (χ1) is 8.65. The van der Waals surface area contributed by atoms with Gasteiger partial charge in [0.1, 0.15) is 0 Å². The zero-order chi connectivity index (χ0) is 13.0. The molecule has 1 saturated heterocycles. The Morgan fingerprint density at radius 2 is 1.94 bits per heavy atom. The van der Waals surface area contributed by atoms with Crippen molar-refractivity contribution in [2.24, 2.45) is 11.7 Å². The molecule has 2 rings (SSSR count). The highest BCUT2D eigenvalue weighted by Crippen LogP contribution is 2.27. The summed E-state index contributed by atoms with van der Waals surface area (Å²) in [6, 6.07) is 0.351. The minimum atomic E-state index is -0.203. The van der Waals surface area contributed by atoms with Crippen LogP contribution in [0.5, 0.6) is 0 Å². The third-order valence-corrected chi connectivity index (χ3v) is 4.41. The third-order valence-electron chi connectivity index (χ3n) is 4.41. The molecule has 18 heavy (non-hydrogen) atoms. The van der Waals surface area contributed by atoms with Crippen LogP contribution in [0.3, 0.4) is 0 Å². The molecule has 2 atom stereocenters. The van der Waals surface area contributed by atoms with Gasteiger partial charge in [-0.2, -0.15) is 0 Å². The molecular formula is C14H26N2O2. The smallest absolute Gasteiger partial charge is 0.222 e. The first kappa shape index (κ1) is 13.8. The maximum Gasteiger partial charge on any atom is 0.222 e. The molecule has 4 nitrogen and oxygen atoms in total. The lowest BCUT2D eigenvalue weighted by Gasteiger charge is -2.31. The Morgan fingerprint density at radius 1 is 1.22 bits per heavy atom. The van der Waals surface area contributed by atoms with Crippen molar-refractivity contribution >= 4 is 5.91 Å². The van der Waals surface area contributed by atoms with Gasteiger partial charge in [-0.1, -0.05) is 12.8 Å². The van der Waals surface area contributed by atoms with Crippen molar-refractivity contribution in [2.75, 3.05) is 13.1 Å². The molecule has 3 N–H and O–H groups in total. The molecule has 0 aromatic heterocycles. The number of aliphatic hydroxyl groups excluding tert-OH is 1. The molecular weight excluding hydrogens is 228 g/mol. The third kappa shape index (κ3) is 3.95. The summed E-state index contributed by atoms with van der Waals surface area (Å²) in [4.78, 5) is 14.0. The van der Waals surface area contributed by atoms with Crippen molar-refractivity contribution in [3.63, 3.8) is 0 Å². The first-order valence-electron chi connectivity index (χ1n) is 7.36. The molecule has 104 valence electrons. The van der Waals surface area contributed by atoms with Gasteiger partial charge < -0.3 is 15.7 Å². The number of hydrogen-bond acceptors (Lipinski definition) is 3. The molecule has 0 aromatic rings. The van der Waals surface area contributed by atoms with Gasteiger partial charge in [-0.15, -0.1) is 0 Å². The van der Waals surface area contributed by atoms with E-state index in [1.165, 1.54) is 12.8 Å². The molecule has 2 fully saturated rings. The fraction of sp³-hybridized carbons (Fsp3) is 0.929. The number of nitrogens with two attached hydrogens (primary N) is 1. The topological polar surface area (TPSA) is 66.6 Å². The van der Waals surface area contributed by atoms with Crippen LogP contribution in [0, 0.1) is 5.92 Å². The van der Waals surface area contributed by atoms with Crippen molar-refractivity contribution in [2.45, 2.75) is 63.5 Å². The molecule has 0 radical (unpaired) electrons. The molecule has 1 amide bonds. The minimum Gasteiger partial charge on any atom is -0.393 e. The van der Waals surface area contributed by atoms with E-state index < -0.39 is 0 Å². The summed E-state index contributed by atoms with van der Waals surface area (Å²) in [5.41, 5.74) is 5.97. The van der Waals surface area contributed by atoms with Crippen LogP contribution in [0.15, 0.2) is 0 Å². The van der Waals surface area contributed by atoms with Crippen LogP contribution in [-0.2, 0) is 4.79 Å². The predicted molar refractivity (Wildman–Crippen MR) is 71.0 cm³/mol. The van der Waals surface area contributed by atoms with E-state index in [1.54, 1.807) is 0 Å². The van der Waals surface area contributed by atoms with E-state index in [-0.39, 0.29) is 12.0 Å². The minimum absolute atomic E-state index is 0.203. The highest BCUT2D eigenvalue weighted by Gasteiger charge is 2.23. The van der Waals surface area contributed by atoms with Crippen molar-refractivity contribution in [3.8, 4) is 0 Å². The zero-order valence-corrected chi connectivity index (χ0v) is 11.2. The average Bonchev–Trinajstić information content (AvgIpc) is 2.37. The number of carbonyl (C=O) groups excluding carboxylic acids is 1. The van der Waals surface area contributed by atoms with E-state index in [9.17, 15) is 9.90 Å². The molecule has 2 aliphatic rings. The van der Waals surface area contributed by atoms with Gasteiger partial charge in [0.2, 0.25) is 5.91 Å². The number of nitrogens with zero attached hydrogens (tertiary/aromatic N) is 1. The molecule has 0 aromatic carbocycles. The van der Waals surface area contributed by atoms with Crippen LogP contribution in [0.2, 0.25) is 0 Å². The molecule has 1 aliphatic heterocycles. The van der Waals surface area contributed by atoms with Gasteiger partial charge in [0, 0.05) is 25.6 Å². The summed E-state index contributed by atoms with van der Waals surface area (Å²) in [7, 11) is 0. The maximum absolute atomic E-state index is 12.0. The summed E-state index contributed by atoms with van der Waals surface area (Å²) in [5.74, 6) is 0.911. The number of rotatable bonds is 3. The summed E-state index contributed by atoms with van der Waals surface area (Å²) in [6.07, 6.45) is 7.61. The predicted octanol–water partition coefficient (Wildman–Crippen LogP) is 1.27. The van der Waals surface area contributed by atoms with Gasteiger partial charge in [0.25, 0.3) is 0 Å². The largest absolute Gasteiger partial charge is 0.393 e. The lowest BCUT2D eigenvalue weighted by atomic mass is 9.83. The molecule has 1 aliphatic carbocycles. The highest BCUT2D eigenvalue weighted by molar-refractivity contribution is 5.76. The second kappa shape index (κ2) is 6.53. The van der Waals surface area contributed by atoms with Crippen molar-refractivity contribution in [1.29, 1.82) is 0 Å². The fourth-order valence-corrected chi connectivity index (χ4v) is 3.20. The second-order valence-corrected chi connectivity index (χ2v) is 5.94. The Hall–Kier alpha value is -0.610. The highest BCUT2D eigenvalue weighted by atomic mass is 16.3. The van der Waals surface area contributed by atoms with Crippen molar-refractivity contribution in [3.05, 3.63) is 0 Å². The van der Waals surface area contributed by atoms with E-state index >= 15 is 0 Å². The van der Waals surface area contributed by atoms with Crippen LogP contribution < -0.4 is 5.73 Å². The zero-order valence-electron chi connectivity index (χ0n) is 11.2. The summed E-state index contributed by atoms with van der Waals surface area (Å²) in [6.45, 7) is 1.45. The Morgan fingerprint density at radius 3 is 2.61 bits per heavy atom. The fourth-order valence-electron chi connectivity index (χ4n) is 3.20. The monoisotopic (exact) mass is 254 g/mol. The van der Waals surface area contributed by atoms with E-state index in [1.807, 2.05) is 4.90 Å². The van der Waals surface area contributed by atoms with Crippen LogP contribution in [0.25, 0.3) is 0 Å². The number of amides is 1. The summed E-state index contributed by atoms with van der Waals surface area (Å²) >= 11 is 0. The molecule has 0 spiro atoms. The van der Waals surface area contributed by atoms with E-state index in [0.717, 1.165) is 45.2 Å². The number of aliphatic hydroxyl groups is 1. The standard InChI is InChI=1S/C14H26N2O2/c15-12-3-1-2-11(10-12)4-5-14(18)16-8-6-13(17)7-9-16/h11-13,17H,1-10,15H2. The lowest BCUT2D eigenvalue weighted by Crippen LogP contribution is -2.40. The molecule has 1 saturated carbocycles. The average molecular weight is 254 g/mol. The van der Waals surface area contributed by atoms with E-state index in [2.05, 4.69) is 0 Å². The van der Waals surface area contributed by atoms with Crippen LogP contribution in [-0.4, -0.2) is 41.1 Å². The van der Waals surface area contributed by atoms with Crippen LogP contribution >= 0.6 is 0 Å². The van der Waals surface area contributed by atoms with Gasteiger partial charge >= 0.3 is 0 Å². The van der Waals surface area contributed by atoms with Crippen LogP contribution in [0.1, 0.15) is 51.4 Å². The molecule has 4 heteroatoms. The Labute approximate surface area is 110 Å². The number of piperidine rings is 1. The molecule has 1 heterocycles. The Bertz CT molecular complexity index is 275. The normalized spacial score (nSPS) is 30.4. The number of carbonyl (C=O) groups is 1. The SMILES string of the molecule is NC1CCCC(CCC(=O)N2CCC(O)CC2)C1. The first-order valence-corrected chi connectivity index (χ1v) is 7.36. The lowest BCUT2D eigenvalue weighted by molar-refractivity contribution is -0.133. The van der Waals surface area contributed by atoms with Crippen molar-refractivity contribution < 1.29 is 9.90 Å². The number of hydrogen-bond donors (Lipinski definition) is 2. The Kier molecular flexibility index (Phi) is 5.01. The number of likely N-dealkylation sites (tertiary alicyclic amines) is 1. The van der Waals surface area contributed by atoms with Gasteiger partial charge in [-0.05, 0) is 38.0 Å². The summed E-state index contributed by atoms with van der Waals surface area (Å²) < 4.78 is 0.